The number of hydrogen-bond donors (Lipinski definition) is 2. The SMILES string of the molecule is Cl.O=C(NCC1CNC1)c1csc2ccccc12. The zero-order valence-electron chi connectivity index (χ0n) is 9.81. The highest BCUT2D eigenvalue weighted by Gasteiger charge is 2.18. The molecule has 0 bridgehead atoms. The van der Waals surface area contributed by atoms with E-state index in [1.807, 2.05) is 29.6 Å². The Morgan fingerprint density at radius 3 is 2.89 bits per heavy atom. The molecule has 1 aliphatic heterocycles. The third-order valence-corrected chi connectivity index (χ3v) is 4.11. The number of carbonyl (C=O) groups excluding carboxylic acids is 1. The Bertz CT molecular complexity index is 551. The summed E-state index contributed by atoms with van der Waals surface area (Å²) in [6.07, 6.45) is 0. The minimum atomic E-state index is 0. The summed E-state index contributed by atoms with van der Waals surface area (Å²) in [6, 6.07) is 8.03. The first-order valence-electron chi connectivity index (χ1n) is 5.80. The van der Waals surface area contributed by atoms with Crippen LogP contribution in [0.25, 0.3) is 10.1 Å². The third-order valence-electron chi connectivity index (χ3n) is 3.14. The summed E-state index contributed by atoms with van der Waals surface area (Å²) in [5.41, 5.74) is 0.804. The average molecular weight is 283 g/mol. The van der Waals surface area contributed by atoms with Gasteiger partial charge in [0.15, 0.2) is 0 Å². The normalized spacial score (nSPS) is 14.9. The summed E-state index contributed by atoms with van der Waals surface area (Å²) in [5, 5.41) is 9.21. The summed E-state index contributed by atoms with van der Waals surface area (Å²) in [7, 11) is 0. The summed E-state index contributed by atoms with van der Waals surface area (Å²) in [4.78, 5) is 12.0. The number of benzene rings is 1. The van der Waals surface area contributed by atoms with E-state index in [1.54, 1.807) is 11.3 Å². The molecule has 2 aromatic rings. The predicted octanol–water partition coefficient (Wildman–Crippen LogP) is 2.27. The molecule has 1 fully saturated rings. The number of carbonyl (C=O) groups is 1. The van der Waals surface area contributed by atoms with Gasteiger partial charge in [0.25, 0.3) is 5.91 Å². The molecule has 1 saturated heterocycles. The molecular formula is C13H15ClN2OS. The highest BCUT2D eigenvalue weighted by atomic mass is 35.5. The molecule has 0 aliphatic carbocycles. The van der Waals surface area contributed by atoms with Crippen molar-refractivity contribution >= 4 is 39.7 Å². The lowest BCUT2D eigenvalue weighted by molar-refractivity contribution is 0.0944. The van der Waals surface area contributed by atoms with Crippen molar-refractivity contribution in [2.24, 2.45) is 5.92 Å². The number of amides is 1. The number of thiophene rings is 1. The molecule has 18 heavy (non-hydrogen) atoms. The number of nitrogens with one attached hydrogen (secondary N) is 2. The lowest BCUT2D eigenvalue weighted by atomic mass is 10.0. The van der Waals surface area contributed by atoms with Crippen molar-refractivity contribution in [2.75, 3.05) is 19.6 Å². The second-order valence-electron chi connectivity index (χ2n) is 4.38. The number of hydrogen-bond acceptors (Lipinski definition) is 3. The largest absolute Gasteiger partial charge is 0.352 e. The second-order valence-corrected chi connectivity index (χ2v) is 5.29. The summed E-state index contributed by atoms with van der Waals surface area (Å²) < 4.78 is 1.17. The summed E-state index contributed by atoms with van der Waals surface area (Å²) in [6.45, 7) is 2.81. The van der Waals surface area contributed by atoms with Gasteiger partial charge in [-0.3, -0.25) is 4.79 Å². The van der Waals surface area contributed by atoms with Crippen molar-refractivity contribution in [1.29, 1.82) is 0 Å². The molecular weight excluding hydrogens is 268 g/mol. The molecule has 1 aromatic carbocycles. The standard InChI is InChI=1S/C13H14N2OS.ClH/c16-13(15-7-9-5-14-6-9)11-8-17-12-4-2-1-3-10(11)12;/h1-4,8-9,14H,5-7H2,(H,15,16);1H. The van der Waals surface area contributed by atoms with Crippen LogP contribution in [-0.2, 0) is 0 Å². The number of halogens is 1. The monoisotopic (exact) mass is 282 g/mol. The topological polar surface area (TPSA) is 41.1 Å². The van der Waals surface area contributed by atoms with Crippen LogP contribution in [0.1, 0.15) is 10.4 Å². The van der Waals surface area contributed by atoms with Crippen LogP contribution in [0.5, 0.6) is 0 Å². The van der Waals surface area contributed by atoms with Crippen molar-refractivity contribution in [1.82, 2.24) is 10.6 Å². The molecule has 0 saturated carbocycles. The van der Waals surface area contributed by atoms with E-state index in [1.165, 1.54) is 4.70 Å². The predicted molar refractivity (Wildman–Crippen MR) is 77.8 cm³/mol. The Morgan fingerprint density at radius 1 is 1.39 bits per heavy atom. The van der Waals surface area contributed by atoms with Gasteiger partial charge in [-0.15, -0.1) is 23.7 Å². The highest BCUT2D eigenvalue weighted by molar-refractivity contribution is 7.17. The van der Waals surface area contributed by atoms with Gasteiger partial charge >= 0.3 is 0 Å². The van der Waals surface area contributed by atoms with E-state index in [9.17, 15) is 4.79 Å². The summed E-state index contributed by atoms with van der Waals surface area (Å²) >= 11 is 1.62. The molecule has 0 spiro atoms. The van der Waals surface area contributed by atoms with E-state index in [2.05, 4.69) is 10.6 Å². The Balaban J connectivity index is 0.00000120. The minimum Gasteiger partial charge on any atom is -0.352 e. The van der Waals surface area contributed by atoms with Crippen LogP contribution in [0.2, 0.25) is 0 Å². The van der Waals surface area contributed by atoms with Crippen molar-refractivity contribution in [3.05, 3.63) is 35.2 Å². The number of fused-ring (bicyclic) bond motifs is 1. The molecule has 1 aromatic heterocycles. The zero-order valence-corrected chi connectivity index (χ0v) is 11.4. The van der Waals surface area contributed by atoms with Gasteiger partial charge in [0.2, 0.25) is 0 Å². The maximum absolute atomic E-state index is 12.0. The maximum Gasteiger partial charge on any atom is 0.252 e. The molecule has 3 nitrogen and oxygen atoms in total. The van der Waals surface area contributed by atoms with E-state index in [0.29, 0.717) is 5.92 Å². The molecule has 1 aliphatic rings. The third kappa shape index (κ3) is 2.51. The van der Waals surface area contributed by atoms with Crippen LogP contribution in [-0.4, -0.2) is 25.5 Å². The van der Waals surface area contributed by atoms with E-state index >= 15 is 0 Å². The van der Waals surface area contributed by atoms with Crippen LogP contribution in [0.15, 0.2) is 29.6 Å². The fourth-order valence-corrected chi connectivity index (χ4v) is 2.92. The first-order valence-corrected chi connectivity index (χ1v) is 6.68. The average Bonchev–Trinajstić information content (AvgIpc) is 2.70. The zero-order chi connectivity index (χ0) is 11.7. The lowest BCUT2D eigenvalue weighted by Gasteiger charge is -2.27. The Hall–Kier alpha value is -1.10. The van der Waals surface area contributed by atoms with Crippen molar-refractivity contribution < 1.29 is 4.79 Å². The lowest BCUT2D eigenvalue weighted by Crippen LogP contribution is -2.48. The van der Waals surface area contributed by atoms with Gasteiger partial charge in [-0.2, -0.15) is 0 Å². The van der Waals surface area contributed by atoms with Gasteiger partial charge in [-0.25, -0.2) is 0 Å². The van der Waals surface area contributed by atoms with Gasteiger partial charge in [0, 0.05) is 41.0 Å². The van der Waals surface area contributed by atoms with E-state index in [-0.39, 0.29) is 18.3 Å². The van der Waals surface area contributed by atoms with Gasteiger partial charge in [0.1, 0.15) is 0 Å². The maximum atomic E-state index is 12.0. The quantitative estimate of drug-likeness (QED) is 0.907. The van der Waals surface area contributed by atoms with Crippen LogP contribution >= 0.6 is 23.7 Å². The van der Waals surface area contributed by atoms with E-state index < -0.39 is 0 Å². The second kappa shape index (κ2) is 5.69. The van der Waals surface area contributed by atoms with Crippen molar-refractivity contribution in [3.8, 4) is 0 Å². The molecule has 2 heterocycles. The summed E-state index contributed by atoms with van der Waals surface area (Å²) in [5.74, 6) is 0.651. The Morgan fingerprint density at radius 2 is 2.17 bits per heavy atom. The molecule has 3 rings (SSSR count). The van der Waals surface area contributed by atoms with Crippen LogP contribution in [0.3, 0.4) is 0 Å². The van der Waals surface area contributed by atoms with Crippen LogP contribution in [0.4, 0.5) is 0 Å². The van der Waals surface area contributed by atoms with Crippen molar-refractivity contribution in [2.45, 2.75) is 0 Å². The fraction of sp³-hybridized carbons (Fsp3) is 0.308. The molecule has 5 heteroatoms. The Labute approximate surface area is 116 Å². The van der Waals surface area contributed by atoms with E-state index in [4.69, 9.17) is 0 Å². The minimum absolute atomic E-state index is 0. The molecule has 96 valence electrons. The molecule has 0 unspecified atom stereocenters. The first kappa shape index (κ1) is 13.3. The van der Waals surface area contributed by atoms with Crippen LogP contribution in [0, 0.1) is 5.92 Å². The van der Waals surface area contributed by atoms with Gasteiger partial charge < -0.3 is 10.6 Å². The molecule has 2 N–H and O–H groups in total. The first-order chi connectivity index (χ1) is 8.34. The van der Waals surface area contributed by atoms with Gasteiger partial charge in [-0.1, -0.05) is 18.2 Å². The smallest absolute Gasteiger partial charge is 0.252 e. The van der Waals surface area contributed by atoms with Crippen LogP contribution < -0.4 is 10.6 Å². The highest BCUT2D eigenvalue weighted by Crippen LogP contribution is 2.25. The molecule has 0 atom stereocenters. The van der Waals surface area contributed by atoms with Gasteiger partial charge in [-0.05, 0) is 6.07 Å². The Kier molecular flexibility index (Phi) is 4.22. The molecule has 0 radical (unpaired) electrons. The van der Waals surface area contributed by atoms with E-state index in [0.717, 1.165) is 30.6 Å². The van der Waals surface area contributed by atoms with Crippen molar-refractivity contribution in [3.63, 3.8) is 0 Å². The number of rotatable bonds is 3. The molecule has 1 amide bonds. The van der Waals surface area contributed by atoms with Gasteiger partial charge in [0.05, 0.1) is 5.56 Å². The fourth-order valence-electron chi connectivity index (χ4n) is 1.98.